The average Bonchev–Trinajstić information content (AvgIpc) is 1.91. The Balaban J connectivity index is 2.54. The van der Waals surface area contributed by atoms with Gasteiger partial charge in [-0.1, -0.05) is 11.6 Å². The number of rotatable bonds is 0. The molecule has 0 aromatic carbocycles. The predicted molar refractivity (Wildman–Crippen MR) is 29.3 cm³/mol. The lowest BCUT2D eigenvalue weighted by molar-refractivity contribution is 0.140. The molecule has 1 atom stereocenters. The highest BCUT2D eigenvalue weighted by Crippen LogP contribution is 2.16. The van der Waals surface area contributed by atoms with Crippen molar-refractivity contribution < 1.29 is 4.74 Å². The molecular weight excluding hydrogens is 112 g/mol. The Morgan fingerprint density at radius 2 is 2.71 bits per heavy atom. The molecule has 0 aromatic rings. The molecule has 0 saturated carbocycles. The quantitative estimate of drug-likeness (QED) is 0.469. The third-order valence-corrected chi connectivity index (χ3v) is 1.47. The van der Waals surface area contributed by atoms with E-state index in [9.17, 15) is 0 Å². The van der Waals surface area contributed by atoms with Crippen molar-refractivity contribution in [1.82, 2.24) is 0 Å². The molecule has 0 spiro atoms. The van der Waals surface area contributed by atoms with Gasteiger partial charge >= 0.3 is 0 Å². The maximum Gasteiger partial charge on any atom is 0.0904 e. The first kappa shape index (κ1) is 5.13. The van der Waals surface area contributed by atoms with Crippen LogP contribution in [0.4, 0.5) is 0 Å². The van der Waals surface area contributed by atoms with Gasteiger partial charge in [-0.15, -0.1) is 0 Å². The van der Waals surface area contributed by atoms with Crippen molar-refractivity contribution in [2.45, 2.75) is 13.0 Å². The Hall–Kier alpha value is -0.0100. The first-order chi connectivity index (χ1) is 3.30. The van der Waals surface area contributed by atoms with Gasteiger partial charge in [0.15, 0.2) is 0 Å². The molecule has 1 nitrogen and oxygen atoms in total. The van der Waals surface area contributed by atoms with Crippen LogP contribution in [0, 0.1) is 0 Å². The van der Waals surface area contributed by atoms with E-state index < -0.39 is 0 Å². The number of ether oxygens (including phenoxy) is 1. The molecule has 1 aliphatic heterocycles. The second-order valence-corrected chi connectivity index (χ2v) is 2.00. The summed E-state index contributed by atoms with van der Waals surface area (Å²) in [6.07, 6.45) is 2.02. The van der Waals surface area contributed by atoms with Gasteiger partial charge in [-0.05, 0) is 13.0 Å². The van der Waals surface area contributed by atoms with Crippen LogP contribution in [0.2, 0.25) is 0 Å². The summed E-state index contributed by atoms with van der Waals surface area (Å²) in [5.74, 6) is 0. The van der Waals surface area contributed by atoms with Gasteiger partial charge in [0.05, 0.1) is 12.7 Å². The molecule has 0 saturated heterocycles. The summed E-state index contributed by atoms with van der Waals surface area (Å²) in [6, 6.07) is 0. The molecular formula is C5H7ClO. The minimum atomic E-state index is 0.140. The first-order valence-electron chi connectivity index (χ1n) is 2.28. The van der Waals surface area contributed by atoms with E-state index in [1.54, 1.807) is 0 Å². The van der Waals surface area contributed by atoms with Crippen molar-refractivity contribution in [2.24, 2.45) is 0 Å². The maximum atomic E-state index is 5.60. The second-order valence-electron chi connectivity index (χ2n) is 1.56. The molecule has 1 heterocycles. The Morgan fingerprint density at radius 3 is 2.86 bits per heavy atom. The van der Waals surface area contributed by atoms with Crippen LogP contribution in [0.3, 0.4) is 0 Å². The molecule has 0 aromatic heterocycles. The van der Waals surface area contributed by atoms with E-state index in [0.717, 1.165) is 5.03 Å². The van der Waals surface area contributed by atoms with Crippen LogP contribution in [0.1, 0.15) is 6.92 Å². The van der Waals surface area contributed by atoms with Gasteiger partial charge in [0.25, 0.3) is 0 Å². The lowest BCUT2D eigenvalue weighted by Crippen LogP contribution is -1.98. The molecule has 7 heavy (non-hydrogen) atoms. The molecule has 0 amide bonds. The lowest BCUT2D eigenvalue weighted by Gasteiger charge is -1.98. The molecule has 0 bridgehead atoms. The summed E-state index contributed by atoms with van der Waals surface area (Å²) in [4.78, 5) is 0. The van der Waals surface area contributed by atoms with E-state index in [-0.39, 0.29) is 6.10 Å². The highest BCUT2D eigenvalue weighted by Gasteiger charge is 2.10. The van der Waals surface area contributed by atoms with Gasteiger partial charge in [-0.25, -0.2) is 0 Å². The molecule has 40 valence electrons. The normalized spacial score (nSPS) is 30.6. The summed E-state index contributed by atoms with van der Waals surface area (Å²) in [5.41, 5.74) is 0. The van der Waals surface area contributed by atoms with Crippen molar-refractivity contribution in [2.75, 3.05) is 6.61 Å². The van der Waals surface area contributed by atoms with Crippen LogP contribution >= 0.6 is 11.6 Å². The zero-order valence-corrected chi connectivity index (χ0v) is 4.90. The predicted octanol–water partition coefficient (Wildman–Crippen LogP) is 1.53. The van der Waals surface area contributed by atoms with E-state index in [2.05, 4.69) is 0 Å². The molecule has 0 N–H and O–H groups in total. The summed E-state index contributed by atoms with van der Waals surface area (Å²) >= 11 is 5.60. The molecule has 1 aliphatic rings. The largest absolute Gasteiger partial charge is 0.369 e. The smallest absolute Gasteiger partial charge is 0.0904 e. The van der Waals surface area contributed by atoms with Crippen molar-refractivity contribution in [3.63, 3.8) is 0 Å². The Kier molecular flexibility index (Phi) is 1.35. The number of hydrogen-bond acceptors (Lipinski definition) is 1. The summed E-state index contributed by atoms with van der Waals surface area (Å²) in [7, 11) is 0. The van der Waals surface area contributed by atoms with Crippen LogP contribution in [0.5, 0.6) is 0 Å². The Bertz CT molecular complexity index is 98.3. The summed E-state index contributed by atoms with van der Waals surface area (Å²) < 4.78 is 5.04. The van der Waals surface area contributed by atoms with Gasteiger partial charge in [0.1, 0.15) is 0 Å². The second kappa shape index (κ2) is 1.85. The average molecular weight is 119 g/mol. The fourth-order valence-electron chi connectivity index (χ4n) is 0.518. The maximum absolute atomic E-state index is 5.60. The van der Waals surface area contributed by atoms with E-state index in [1.807, 2.05) is 13.0 Å². The van der Waals surface area contributed by atoms with Gasteiger partial charge in [0, 0.05) is 5.03 Å². The van der Waals surface area contributed by atoms with E-state index in [4.69, 9.17) is 16.3 Å². The zero-order valence-electron chi connectivity index (χ0n) is 4.15. The van der Waals surface area contributed by atoms with Gasteiger partial charge in [-0.3, -0.25) is 0 Å². The minimum absolute atomic E-state index is 0.140. The molecule has 0 fully saturated rings. The third-order valence-electron chi connectivity index (χ3n) is 1.01. The number of hydrogen-bond donors (Lipinski definition) is 0. The fourth-order valence-corrected chi connectivity index (χ4v) is 0.644. The Morgan fingerprint density at radius 1 is 2.00 bits per heavy atom. The molecule has 1 rings (SSSR count). The summed E-state index contributed by atoms with van der Waals surface area (Å²) in [6.45, 7) is 2.62. The lowest BCUT2D eigenvalue weighted by atomic mass is 10.4. The van der Waals surface area contributed by atoms with Crippen molar-refractivity contribution in [1.29, 1.82) is 0 Å². The summed E-state index contributed by atoms with van der Waals surface area (Å²) in [5, 5.41) is 0.833. The van der Waals surface area contributed by atoms with Crippen LogP contribution in [-0.4, -0.2) is 12.7 Å². The van der Waals surface area contributed by atoms with E-state index in [0.29, 0.717) is 6.61 Å². The molecule has 2 heteroatoms. The number of halogens is 1. The first-order valence-corrected chi connectivity index (χ1v) is 2.65. The standard InChI is InChI=1S/C5H7ClO/c1-4-5(6)2-3-7-4/h2,4H,3H2,1H3. The Labute approximate surface area is 47.9 Å². The topological polar surface area (TPSA) is 9.23 Å². The monoisotopic (exact) mass is 118 g/mol. The van der Waals surface area contributed by atoms with Crippen LogP contribution in [-0.2, 0) is 4.74 Å². The van der Waals surface area contributed by atoms with E-state index >= 15 is 0 Å². The van der Waals surface area contributed by atoms with Crippen LogP contribution in [0.15, 0.2) is 11.1 Å². The highest BCUT2D eigenvalue weighted by atomic mass is 35.5. The SMILES string of the molecule is CC1OCC=C1Cl. The van der Waals surface area contributed by atoms with Gasteiger partial charge < -0.3 is 4.74 Å². The van der Waals surface area contributed by atoms with Gasteiger partial charge in [0.2, 0.25) is 0 Å². The van der Waals surface area contributed by atoms with Crippen LogP contribution in [0.25, 0.3) is 0 Å². The van der Waals surface area contributed by atoms with E-state index in [1.165, 1.54) is 0 Å². The molecule has 0 aliphatic carbocycles. The van der Waals surface area contributed by atoms with Crippen molar-refractivity contribution >= 4 is 11.6 Å². The fraction of sp³-hybridized carbons (Fsp3) is 0.600. The minimum Gasteiger partial charge on any atom is -0.369 e. The van der Waals surface area contributed by atoms with Gasteiger partial charge in [-0.2, -0.15) is 0 Å². The van der Waals surface area contributed by atoms with Crippen LogP contribution < -0.4 is 0 Å². The third kappa shape index (κ3) is 0.956. The zero-order chi connectivity index (χ0) is 5.28. The van der Waals surface area contributed by atoms with Crippen molar-refractivity contribution in [3.8, 4) is 0 Å². The van der Waals surface area contributed by atoms with Crippen molar-refractivity contribution in [3.05, 3.63) is 11.1 Å². The molecule has 1 unspecified atom stereocenters. The molecule has 0 radical (unpaired) electrons. The highest BCUT2D eigenvalue weighted by molar-refractivity contribution is 6.30.